The summed E-state index contributed by atoms with van der Waals surface area (Å²) < 4.78 is 5.48. The number of hydrogen-bond acceptors (Lipinski definition) is 2. The number of amides is 1. The highest BCUT2D eigenvalue weighted by Crippen LogP contribution is 2.22. The van der Waals surface area contributed by atoms with Crippen LogP contribution in [0.4, 0.5) is 4.79 Å². The normalized spacial score (nSPS) is 18.6. The van der Waals surface area contributed by atoms with Crippen LogP contribution in [0.3, 0.4) is 0 Å². The van der Waals surface area contributed by atoms with Gasteiger partial charge in [0.15, 0.2) is 0 Å². The fourth-order valence-corrected chi connectivity index (χ4v) is 1.90. The van der Waals surface area contributed by atoms with Crippen LogP contribution in [0.25, 0.3) is 0 Å². The van der Waals surface area contributed by atoms with Crippen LogP contribution in [-0.2, 0) is 4.74 Å². The van der Waals surface area contributed by atoms with E-state index in [2.05, 4.69) is 6.92 Å². The van der Waals surface area contributed by atoms with Crippen LogP contribution >= 0.6 is 0 Å². The number of carbonyl (C=O) groups is 1. The molecule has 94 valence electrons. The van der Waals surface area contributed by atoms with E-state index in [0.29, 0.717) is 0 Å². The molecule has 1 aliphatic heterocycles. The van der Waals surface area contributed by atoms with Gasteiger partial charge in [-0.05, 0) is 39.0 Å². The third kappa shape index (κ3) is 3.69. The molecule has 0 aliphatic carbocycles. The number of ether oxygens (including phenoxy) is 1. The topological polar surface area (TPSA) is 29.5 Å². The lowest BCUT2D eigenvalue weighted by Crippen LogP contribution is -2.42. The molecule has 3 nitrogen and oxygen atoms in total. The van der Waals surface area contributed by atoms with Gasteiger partial charge in [0.25, 0.3) is 0 Å². The van der Waals surface area contributed by atoms with Crippen molar-refractivity contribution in [2.45, 2.75) is 59.0 Å². The molecule has 1 amide bonds. The van der Waals surface area contributed by atoms with E-state index in [-0.39, 0.29) is 11.7 Å². The lowest BCUT2D eigenvalue weighted by Gasteiger charge is -2.33. The van der Waals surface area contributed by atoms with E-state index in [1.54, 1.807) is 0 Å². The smallest absolute Gasteiger partial charge is 0.410 e. The minimum atomic E-state index is -0.335. The van der Waals surface area contributed by atoms with Crippen molar-refractivity contribution in [1.29, 1.82) is 0 Å². The van der Waals surface area contributed by atoms with Gasteiger partial charge in [-0.1, -0.05) is 20.3 Å². The largest absolute Gasteiger partial charge is 0.443 e. The Kier molecular flexibility index (Phi) is 4.63. The average molecular weight is 227 g/mol. The summed E-state index contributed by atoms with van der Waals surface area (Å²) in [5.41, 5.74) is -0.335. The second kappa shape index (κ2) is 5.55. The first-order chi connectivity index (χ1) is 7.48. The van der Waals surface area contributed by atoms with Crippen LogP contribution in [0.2, 0.25) is 0 Å². The number of carbonyl (C=O) groups excluding carboxylic acids is 1. The second-order valence-electron chi connectivity index (χ2n) is 5.32. The van der Waals surface area contributed by atoms with Crippen molar-refractivity contribution in [3.63, 3.8) is 0 Å². The molecule has 0 N–H and O–H groups in total. The molecular weight excluding hydrogens is 202 g/mol. The molecule has 1 fully saturated rings. The van der Waals surface area contributed by atoms with Crippen molar-refractivity contribution in [1.82, 2.24) is 4.90 Å². The number of piperidine rings is 1. The molecule has 0 spiro atoms. The van der Waals surface area contributed by atoms with E-state index in [1.807, 2.05) is 25.7 Å². The molecule has 1 aliphatic rings. The van der Waals surface area contributed by atoms with Crippen LogP contribution in [0, 0.1) is 5.92 Å². The molecule has 3 heteroatoms. The monoisotopic (exact) mass is 227 g/mol. The Morgan fingerprint density at radius 2 is 1.88 bits per heavy atom. The van der Waals surface area contributed by atoms with Crippen LogP contribution in [0.15, 0.2) is 0 Å². The summed E-state index contributed by atoms with van der Waals surface area (Å²) in [6, 6.07) is 0. The van der Waals surface area contributed by atoms with Crippen molar-refractivity contribution >= 4 is 6.09 Å². The van der Waals surface area contributed by atoms with E-state index in [1.165, 1.54) is 6.42 Å². The highest BCUT2D eigenvalue weighted by molar-refractivity contribution is 5.68. The van der Waals surface area contributed by atoms with Gasteiger partial charge in [0.05, 0.1) is 0 Å². The summed E-state index contributed by atoms with van der Waals surface area (Å²) in [6.45, 7) is 9.90. The zero-order valence-electron chi connectivity index (χ0n) is 11.1. The molecule has 1 saturated heterocycles. The van der Waals surface area contributed by atoms with Gasteiger partial charge < -0.3 is 9.64 Å². The average Bonchev–Trinajstić information content (AvgIpc) is 2.28. The number of nitrogens with zero attached hydrogens (tertiary/aromatic N) is 1. The van der Waals surface area contributed by atoms with Crippen molar-refractivity contribution in [2.75, 3.05) is 13.1 Å². The molecule has 1 rings (SSSR count). The Balaban J connectivity index is 2.39. The van der Waals surface area contributed by atoms with Gasteiger partial charge in [-0.25, -0.2) is 4.79 Å². The summed E-state index contributed by atoms with van der Waals surface area (Å²) in [6.07, 6.45) is 4.19. The predicted molar refractivity (Wildman–Crippen MR) is 65.4 cm³/mol. The van der Waals surface area contributed by atoms with Crippen LogP contribution in [0.5, 0.6) is 0 Å². The molecule has 0 saturated carbocycles. The van der Waals surface area contributed by atoms with Gasteiger partial charge in [-0.3, -0.25) is 0 Å². The number of rotatable bonds is 3. The van der Waals surface area contributed by atoms with Crippen LogP contribution in [-0.4, -0.2) is 29.7 Å². The Labute approximate surface area is 99.1 Å². The maximum atomic E-state index is 11.9. The Morgan fingerprint density at radius 1 is 1.31 bits per heavy atom. The molecule has 0 aromatic rings. The second-order valence-corrected chi connectivity index (χ2v) is 5.32. The SMILES string of the molecule is CCC1CCN(C(=O)OC(C)(C)CC)CC1. The predicted octanol–water partition coefficient (Wildman–Crippen LogP) is 3.43. The summed E-state index contributed by atoms with van der Waals surface area (Å²) in [4.78, 5) is 13.7. The summed E-state index contributed by atoms with van der Waals surface area (Å²) in [5, 5.41) is 0. The third-order valence-electron chi connectivity index (χ3n) is 3.67. The third-order valence-corrected chi connectivity index (χ3v) is 3.67. The summed E-state index contributed by atoms with van der Waals surface area (Å²) in [7, 11) is 0. The van der Waals surface area contributed by atoms with E-state index >= 15 is 0 Å². The molecule has 1 heterocycles. The maximum Gasteiger partial charge on any atom is 0.410 e. The number of hydrogen-bond donors (Lipinski definition) is 0. The summed E-state index contributed by atoms with van der Waals surface area (Å²) in [5.74, 6) is 0.795. The van der Waals surface area contributed by atoms with E-state index in [0.717, 1.165) is 38.3 Å². The first kappa shape index (κ1) is 13.3. The molecule has 0 aromatic heterocycles. The van der Waals surface area contributed by atoms with Gasteiger partial charge >= 0.3 is 6.09 Å². The van der Waals surface area contributed by atoms with E-state index in [4.69, 9.17) is 4.74 Å². The first-order valence-electron chi connectivity index (χ1n) is 6.46. The lowest BCUT2D eigenvalue weighted by molar-refractivity contribution is 0.00566. The van der Waals surface area contributed by atoms with Gasteiger partial charge in [-0.15, -0.1) is 0 Å². The van der Waals surface area contributed by atoms with Crippen molar-refractivity contribution in [2.24, 2.45) is 5.92 Å². The first-order valence-corrected chi connectivity index (χ1v) is 6.46. The van der Waals surface area contributed by atoms with Gasteiger partial charge in [-0.2, -0.15) is 0 Å². The fourth-order valence-electron chi connectivity index (χ4n) is 1.90. The van der Waals surface area contributed by atoms with E-state index in [9.17, 15) is 4.79 Å². The Hall–Kier alpha value is -0.730. The minimum absolute atomic E-state index is 0.138. The van der Waals surface area contributed by atoms with Crippen molar-refractivity contribution < 1.29 is 9.53 Å². The van der Waals surface area contributed by atoms with Gasteiger partial charge in [0.2, 0.25) is 0 Å². The minimum Gasteiger partial charge on any atom is -0.443 e. The van der Waals surface area contributed by atoms with Gasteiger partial charge in [0, 0.05) is 13.1 Å². The highest BCUT2D eigenvalue weighted by atomic mass is 16.6. The molecule has 0 aromatic carbocycles. The standard InChI is InChI=1S/C13H25NO2/c1-5-11-7-9-14(10-8-11)12(15)16-13(3,4)6-2/h11H,5-10H2,1-4H3. The summed E-state index contributed by atoms with van der Waals surface area (Å²) >= 11 is 0. The molecule has 16 heavy (non-hydrogen) atoms. The molecule has 0 unspecified atom stereocenters. The maximum absolute atomic E-state index is 11.9. The quantitative estimate of drug-likeness (QED) is 0.739. The van der Waals surface area contributed by atoms with E-state index < -0.39 is 0 Å². The lowest BCUT2D eigenvalue weighted by atomic mass is 9.95. The van der Waals surface area contributed by atoms with Crippen molar-refractivity contribution in [3.05, 3.63) is 0 Å². The Morgan fingerprint density at radius 3 is 2.31 bits per heavy atom. The molecule has 0 atom stereocenters. The molecular formula is C13H25NO2. The highest BCUT2D eigenvalue weighted by Gasteiger charge is 2.27. The van der Waals surface area contributed by atoms with Crippen molar-refractivity contribution in [3.8, 4) is 0 Å². The zero-order valence-corrected chi connectivity index (χ0v) is 11.1. The van der Waals surface area contributed by atoms with Crippen LogP contribution < -0.4 is 0 Å². The number of likely N-dealkylation sites (tertiary alicyclic amines) is 1. The fraction of sp³-hybridized carbons (Fsp3) is 0.923. The van der Waals surface area contributed by atoms with Crippen LogP contribution in [0.1, 0.15) is 53.4 Å². The molecule has 0 radical (unpaired) electrons. The van der Waals surface area contributed by atoms with Gasteiger partial charge in [0.1, 0.15) is 5.60 Å². The zero-order chi connectivity index (χ0) is 12.2. The molecule has 0 bridgehead atoms. The Bertz CT molecular complexity index is 230.